The lowest BCUT2D eigenvalue weighted by molar-refractivity contribution is -0.129. The topological polar surface area (TPSA) is 60.5 Å². The number of amides is 1. The van der Waals surface area contributed by atoms with Crippen LogP contribution in [-0.2, 0) is 11.3 Å². The van der Waals surface area contributed by atoms with Crippen LogP contribution in [0.5, 0.6) is 23.0 Å². The number of rotatable bonds is 7. The van der Waals surface area contributed by atoms with Gasteiger partial charge in [-0.1, -0.05) is 18.2 Å². The predicted molar refractivity (Wildman–Crippen MR) is 122 cm³/mol. The molecule has 2 aromatic carbocycles. The maximum absolute atomic E-state index is 13.1. The van der Waals surface area contributed by atoms with Crippen molar-refractivity contribution in [1.29, 1.82) is 0 Å². The Balaban J connectivity index is 1.36. The highest BCUT2D eigenvalue weighted by atomic mass is 16.5. The second-order valence-corrected chi connectivity index (χ2v) is 7.82. The number of fused-ring (bicyclic) bond motifs is 1. The lowest BCUT2D eigenvalue weighted by Crippen LogP contribution is -2.49. The summed E-state index contributed by atoms with van der Waals surface area (Å²) in [4.78, 5) is 17.4. The van der Waals surface area contributed by atoms with Gasteiger partial charge in [0.2, 0.25) is 0 Å². The molecule has 2 aromatic rings. The smallest absolute Gasteiger partial charge is 0.253 e. The van der Waals surface area contributed by atoms with Crippen molar-refractivity contribution in [2.24, 2.45) is 0 Å². The molecule has 7 nitrogen and oxygen atoms in total. The molecule has 1 saturated heterocycles. The van der Waals surface area contributed by atoms with Crippen molar-refractivity contribution in [2.45, 2.75) is 13.5 Å². The van der Waals surface area contributed by atoms with Gasteiger partial charge >= 0.3 is 0 Å². The highest BCUT2D eigenvalue weighted by Gasteiger charge is 2.27. The molecule has 32 heavy (non-hydrogen) atoms. The number of carbonyl (C=O) groups is 1. The second-order valence-electron chi connectivity index (χ2n) is 7.82. The van der Waals surface area contributed by atoms with E-state index in [9.17, 15) is 4.79 Å². The Hall–Kier alpha value is -3.19. The van der Waals surface area contributed by atoms with E-state index < -0.39 is 0 Å². The van der Waals surface area contributed by atoms with Gasteiger partial charge in [-0.05, 0) is 36.8 Å². The van der Waals surface area contributed by atoms with E-state index in [1.165, 1.54) is 0 Å². The fourth-order valence-electron chi connectivity index (χ4n) is 4.12. The van der Waals surface area contributed by atoms with Crippen LogP contribution in [0.2, 0.25) is 0 Å². The molecule has 0 N–H and O–H groups in total. The van der Waals surface area contributed by atoms with Gasteiger partial charge < -0.3 is 23.8 Å². The van der Waals surface area contributed by atoms with Crippen LogP contribution in [0.25, 0.3) is 6.08 Å². The van der Waals surface area contributed by atoms with Crippen molar-refractivity contribution in [1.82, 2.24) is 9.80 Å². The molecular weight excluding hydrogens is 408 g/mol. The van der Waals surface area contributed by atoms with Crippen LogP contribution in [0.15, 0.2) is 42.0 Å². The van der Waals surface area contributed by atoms with Crippen LogP contribution in [0.4, 0.5) is 0 Å². The number of hydrogen-bond acceptors (Lipinski definition) is 6. The van der Waals surface area contributed by atoms with Crippen molar-refractivity contribution in [3.8, 4) is 23.0 Å². The first-order chi connectivity index (χ1) is 15.6. The normalized spacial score (nSPS) is 16.0. The van der Waals surface area contributed by atoms with Crippen molar-refractivity contribution in [3.63, 3.8) is 0 Å². The van der Waals surface area contributed by atoms with E-state index in [1.807, 2.05) is 48.2 Å². The molecule has 0 aliphatic carbocycles. The average Bonchev–Trinajstić information content (AvgIpc) is 2.84. The third kappa shape index (κ3) is 4.67. The Morgan fingerprint density at radius 2 is 1.78 bits per heavy atom. The first kappa shape index (κ1) is 22.0. The third-order valence-corrected chi connectivity index (χ3v) is 5.80. The molecular formula is C25H30N2O5. The molecule has 4 rings (SSSR count). The summed E-state index contributed by atoms with van der Waals surface area (Å²) in [6.45, 7) is 6.60. The first-order valence-electron chi connectivity index (χ1n) is 10.9. The maximum Gasteiger partial charge on any atom is 0.253 e. The minimum Gasteiger partial charge on any atom is -0.493 e. The highest BCUT2D eigenvalue weighted by Crippen LogP contribution is 2.36. The molecule has 2 aliphatic heterocycles. The molecule has 0 spiro atoms. The summed E-state index contributed by atoms with van der Waals surface area (Å²) < 4.78 is 22.3. The monoisotopic (exact) mass is 438 g/mol. The van der Waals surface area contributed by atoms with Gasteiger partial charge in [-0.2, -0.15) is 0 Å². The number of ether oxygens (including phenoxy) is 4. The molecule has 0 atom stereocenters. The summed E-state index contributed by atoms with van der Waals surface area (Å²) in [7, 11) is 3.28. The number of methoxy groups -OCH3 is 2. The van der Waals surface area contributed by atoms with Gasteiger partial charge in [0.05, 0.1) is 26.4 Å². The van der Waals surface area contributed by atoms with E-state index in [0.29, 0.717) is 31.0 Å². The average molecular weight is 439 g/mol. The Morgan fingerprint density at radius 1 is 1.00 bits per heavy atom. The molecule has 0 unspecified atom stereocenters. The molecule has 0 radical (unpaired) electrons. The number of piperazine rings is 1. The number of hydrogen-bond donors (Lipinski definition) is 0. The Morgan fingerprint density at radius 3 is 2.50 bits per heavy atom. The zero-order valence-corrected chi connectivity index (χ0v) is 18.9. The number of benzene rings is 2. The Kier molecular flexibility index (Phi) is 6.85. The van der Waals surface area contributed by atoms with Crippen molar-refractivity contribution < 1.29 is 23.7 Å². The number of nitrogens with zero attached hydrogens (tertiary/aromatic N) is 2. The van der Waals surface area contributed by atoms with Crippen LogP contribution in [-0.4, -0.2) is 69.3 Å². The van der Waals surface area contributed by atoms with Gasteiger partial charge in [-0.15, -0.1) is 0 Å². The van der Waals surface area contributed by atoms with Gasteiger partial charge in [0.25, 0.3) is 5.91 Å². The minimum atomic E-state index is 0.0447. The quantitative estimate of drug-likeness (QED) is 0.662. The van der Waals surface area contributed by atoms with Crippen LogP contribution in [0.3, 0.4) is 0 Å². The van der Waals surface area contributed by atoms with Crippen LogP contribution >= 0.6 is 0 Å². The summed E-state index contributed by atoms with van der Waals surface area (Å²) in [5.74, 6) is 2.94. The Bertz CT molecular complexity index is 996. The third-order valence-electron chi connectivity index (χ3n) is 5.80. The van der Waals surface area contributed by atoms with Gasteiger partial charge in [0.1, 0.15) is 6.61 Å². The lowest BCUT2D eigenvalue weighted by atomic mass is 10.1. The van der Waals surface area contributed by atoms with Crippen LogP contribution < -0.4 is 18.9 Å². The highest BCUT2D eigenvalue weighted by molar-refractivity contribution is 5.99. The zero-order valence-electron chi connectivity index (χ0n) is 18.9. The van der Waals surface area contributed by atoms with Crippen molar-refractivity contribution in [3.05, 3.63) is 53.1 Å². The molecule has 0 bridgehead atoms. The van der Waals surface area contributed by atoms with E-state index in [4.69, 9.17) is 18.9 Å². The number of carbonyl (C=O) groups excluding carboxylic acids is 1. The van der Waals surface area contributed by atoms with Crippen molar-refractivity contribution in [2.75, 3.05) is 53.6 Å². The summed E-state index contributed by atoms with van der Waals surface area (Å²) in [6, 6.07) is 11.7. The summed E-state index contributed by atoms with van der Waals surface area (Å²) >= 11 is 0. The SMILES string of the molecule is CCOc1cccc2c1OCC(C(=O)N1CCN(Cc3ccc(OC)c(OC)c3)CC1)=C2. The van der Waals surface area contributed by atoms with E-state index in [2.05, 4.69) is 11.0 Å². The molecule has 1 fully saturated rings. The standard InChI is InChI=1S/C25H30N2O5/c1-4-31-22-7-5-6-19-15-20(17-32-24(19)22)25(28)27-12-10-26(11-13-27)16-18-8-9-21(29-2)23(14-18)30-3/h5-9,14-15H,4,10-13,16-17H2,1-3H3. The molecule has 0 aromatic heterocycles. The summed E-state index contributed by atoms with van der Waals surface area (Å²) in [5.41, 5.74) is 2.73. The molecule has 7 heteroatoms. The molecule has 170 valence electrons. The minimum absolute atomic E-state index is 0.0447. The fourth-order valence-corrected chi connectivity index (χ4v) is 4.12. The molecule has 1 amide bonds. The summed E-state index contributed by atoms with van der Waals surface area (Å²) in [6.07, 6.45) is 1.93. The summed E-state index contributed by atoms with van der Waals surface area (Å²) in [5, 5.41) is 0. The van der Waals surface area contributed by atoms with E-state index >= 15 is 0 Å². The van der Waals surface area contributed by atoms with Crippen LogP contribution in [0.1, 0.15) is 18.1 Å². The largest absolute Gasteiger partial charge is 0.493 e. The van der Waals surface area contributed by atoms with Crippen LogP contribution in [0, 0.1) is 0 Å². The Labute approximate surface area is 189 Å². The van der Waals surface area contributed by atoms with E-state index in [1.54, 1.807) is 14.2 Å². The number of para-hydroxylation sites is 1. The second kappa shape index (κ2) is 9.96. The fraction of sp³-hybridized carbons (Fsp3) is 0.400. The van der Waals surface area contributed by atoms with Gasteiger partial charge in [-0.25, -0.2) is 0 Å². The zero-order chi connectivity index (χ0) is 22.5. The van der Waals surface area contributed by atoms with E-state index in [0.717, 1.165) is 48.0 Å². The predicted octanol–water partition coefficient (Wildman–Crippen LogP) is 3.22. The van der Waals surface area contributed by atoms with Crippen molar-refractivity contribution >= 4 is 12.0 Å². The molecule has 2 heterocycles. The van der Waals surface area contributed by atoms with Gasteiger partial charge in [0, 0.05) is 38.3 Å². The van der Waals surface area contributed by atoms with Gasteiger partial charge in [0.15, 0.2) is 23.0 Å². The van der Waals surface area contributed by atoms with E-state index in [-0.39, 0.29) is 12.5 Å². The lowest BCUT2D eigenvalue weighted by Gasteiger charge is -2.35. The van der Waals surface area contributed by atoms with Gasteiger partial charge in [-0.3, -0.25) is 9.69 Å². The maximum atomic E-state index is 13.1. The molecule has 0 saturated carbocycles. The first-order valence-corrected chi connectivity index (χ1v) is 10.9. The molecule has 2 aliphatic rings.